The maximum Gasteiger partial charge on any atom is 0.122 e. The highest BCUT2D eigenvalue weighted by molar-refractivity contribution is 5.37. The van der Waals surface area contributed by atoms with E-state index in [9.17, 15) is 0 Å². The average molecular weight is 247 g/mol. The molecular weight excluding hydrogens is 222 g/mol. The zero-order valence-corrected chi connectivity index (χ0v) is 12.0. The summed E-state index contributed by atoms with van der Waals surface area (Å²) in [6.07, 6.45) is 3.78. The van der Waals surface area contributed by atoms with Crippen LogP contribution in [0, 0.1) is 12.8 Å². The van der Waals surface area contributed by atoms with Crippen LogP contribution in [-0.4, -0.2) is 19.2 Å². The second-order valence-corrected chi connectivity index (χ2v) is 5.73. The van der Waals surface area contributed by atoms with Crippen LogP contribution in [0.2, 0.25) is 0 Å². The lowest BCUT2D eigenvalue weighted by molar-refractivity contribution is 0.378. The largest absolute Gasteiger partial charge is 0.496 e. The van der Waals surface area contributed by atoms with Gasteiger partial charge in [0.1, 0.15) is 5.75 Å². The van der Waals surface area contributed by atoms with Crippen molar-refractivity contribution < 1.29 is 4.74 Å². The molecule has 1 aromatic rings. The molecule has 0 spiro atoms. The molecular formula is C16H25NO. The summed E-state index contributed by atoms with van der Waals surface area (Å²) >= 11 is 0. The third-order valence-electron chi connectivity index (χ3n) is 3.91. The molecule has 0 radical (unpaired) electrons. The Morgan fingerprint density at radius 2 is 2.06 bits per heavy atom. The third kappa shape index (κ3) is 3.49. The van der Waals surface area contributed by atoms with Crippen LogP contribution in [-0.2, 0) is 6.42 Å². The van der Waals surface area contributed by atoms with Crippen molar-refractivity contribution in [2.24, 2.45) is 5.92 Å². The minimum absolute atomic E-state index is 0.572. The number of hydrogen-bond acceptors (Lipinski definition) is 2. The number of rotatable bonds is 6. The highest BCUT2D eigenvalue weighted by Gasteiger charge is 2.25. The molecule has 1 aromatic carbocycles. The van der Waals surface area contributed by atoms with Crippen LogP contribution >= 0.6 is 0 Å². The first-order chi connectivity index (χ1) is 8.60. The Labute approximate surface area is 111 Å². The fraction of sp³-hybridized carbons (Fsp3) is 0.625. The maximum atomic E-state index is 5.45. The van der Waals surface area contributed by atoms with Crippen molar-refractivity contribution in [1.29, 1.82) is 0 Å². The van der Waals surface area contributed by atoms with Gasteiger partial charge >= 0.3 is 0 Å². The molecule has 1 aliphatic carbocycles. The smallest absolute Gasteiger partial charge is 0.122 e. The van der Waals surface area contributed by atoms with E-state index in [0.29, 0.717) is 12.0 Å². The molecule has 0 bridgehead atoms. The van der Waals surface area contributed by atoms with Crippen molar-refractivity contribution in [2.45, 2.75) is 52.1 Å². The molecule has 1 saturated carbocycles. The molecule has 1 fully saturated rings. The van der Waals surface area contributed by atoms with Crippen LogP contribution in [0.1, 0.15) is 37.8 Å². The van der Waals surface area contributed by atoms with Gasteiger partial charge in [-0.2, -0.15) is 0 Å². The number of hydrogen-bond donors (Lipinski definition) is 1. The molecule has 2 heteroatoms. The first-order valence-corrected chi connectivity index (χ1v) is 6.99. The fourth-order valence-corrected chi connectivity index (χ4v) is 2.38. The minimum atomic E-state index is 0.572. The highest BCUT2D eigenvalue weighted by atomic mass is 16.5. The van der Waals surface area contributed by atoms with E-state index in [1.807, 2.05) is 0 Å². The Morgan fingerprint density at radius 3 is 2.67 bits per heavy atom. The number of ether oxygens (including phenoxy) is 1. The molecule has 2 atom stereocenters. The average Bonchev–Trinajstić information content (AvgIpc) is 3.13. The molecule has 1 aliphatic rings. The maximum absolute atomic E-state index is 5.45. The number of nitrogens with one attached hydrogen (secondary N) is 1. The van der Waals surface area contributed by atoms with Crippen molar-refractivity contribution in [2.75, 3.05) is 7.11 Å². The number of benzene rings is 1. The fourth-order valence-electron chi connectivity index (χ4n) is 2.38. The number of methoxy groups -OCH3 is 1. The van der Waals surface area contributed by atoms with Crippen molar-refractivity contribution >= 4 is 0 Å². The highest BCUT2D eigenvalue weighted by Crippen LogP contribution is 2.26. The predicted molar refractivity (Wildman–Crippen MR) is 76.2 cm³/mol. The van der Waals surface area contributed by atoms with Gasteiger partial charge in [0.2, 0.25) is 0 Å². The van der Waals surface area contributed by atoms with Crippen LogP contribution in [0.3, 0.4) is 0 Å². The standard InChI is InChI=1S/C16H25NO/c1-11-5-8-16(18-4)14(9-11)10-12(2)13(3)17-15-6-7-15/h5,8-9,12-13,15,17H,6-7,10H2,1-4H3. The van der Waals surface area contributed by atoms with Gasteiger partial charge in [-0.25, -0.2) is 0 Å². The molecule has 2 nitrogen and oxygen atoms in total. The summed E-state index contributed by atoms with van der Waals surface area (Å²) in [5.74, 6) is 1.65. The first kappa shape index (κ1) is 13.4. The van der Waals surface area contributed by atoms with Crippen LogP contribution in [0.5, 0.6) is 5.75 Å². The normalized spacial score (nSPS) is 18.4. The molecule has 0 saturated heterocycles. The Morgan fingerprint density at radius 1 is 1.33 bits per heavy atom. The SMILES string of the molecule is COc1ccc(C)cc1CC(C)C(C)NC1CC1. The van der Waals surface area contributed by atoms with E-state index in [1.165, 1.54) is 24.0 Å². The van der Waals surface area contributed by atoms with Crippen molar-refractivity contribution in [3.63, 3.8) is 0 Å². The predicted octanol–water partition coefficient (Wildman–Crippen LogP) is 3.32. The van der Waals surface area contributed by atoms with E-state index in [0.717, 1.165) is 18.2 Å². The molecule has 0 heterocycles. The van der Waals surface area contributed by atoms with E-state index >= 15 is 0 Å². The molecule has 0 aromatic heterocycles. The van der Waals surface area contributed by atoms with E-state index in [4.69, 9.17) is 4.74 Å². The Balaban J connectivity index is 2.00. The lowest BCUT2D eigenvalue weighted by atomic mass is 9.93. The Kier molecular flexibility index (Phi) is 4.28. The second kappa shape index (κ2) is 5.75. The van der Waals surface area contributed by atoms with Crippen molar-refractivity contribution in [3.05, 3.63) is 29.3 Å². The van der Waals surface area contributed by atoms with Crippen molar-refractivity contribution in [3.8, 4) is 5.75 Å². The van der Waals surface area contributed by atoms with Gasteiger partial charge in [-0.1, -0.05) is 24.6 Å². The lowest BCUT2D eigenvalue weighted by Crippen LogP contribution is -2.34. The van der Waals surface area contributed by atoms with Gasteiger partial charge in [-0.05, 0) is 50.7 Å². The Bertz CT molecular complexity index is 398. The monoisotopic (exact) mass is 247 g/mol. The van der Waals surface area contributed by atoms with Crippen molar-refractivity contribution in [1.82, 2.24) is 5.32 Å². The summed E-state index contributed by atoms with van der Waals surface area (Å²) in [7, 11) is 1.75. The topological polar surface area (TPSA) is 21.3 Å². The summed E-state index contributed by atoms with van der Waals surface area (Å²) < 4.78 is 5.45. The first-order valence-electron chi connectivity index (χ1n) is 6.99. The van der Waals surface area contributed by atoms with E-state index in [1.54, 1.807) is 7.11 Å². The lowest BCUT2D eigenvalue weighted by Gasteiger charge is -2.22. The van der Waals surface area contributed by atoms with Gasteiger partial charge in [0.15, 0.2) is 0 Å². The summed E-state index contributed by atoms with van der Waals surface area (Å²) in [6, 6.07) is 7.79. The van der Waals surface area contributed by atoms with Crippen LogP contribution < -0.4 is 10.1 Å². The molecule has 2 rings (SSSR count). The van der Waals surface area contributed by atoms with Crippen LogP contribution in [0.15, 0.2) is 18.2 Å². The second-order valence-electron chi connectivity index (χ2n) is 5.73. The van der Waals surface area contributed by atoms with E-state index in [-0.39, 0.29) is 0 Å². The van der Waals surface area contributed by atoms with Gasteiger partial charge in [0.05, 0.1) is 7.11 Å². The molecule has 0 amide bonds. The van der Waals surface area contributed by atoms with E-state index in [2.05, 4.69) is 44.3 Å². The summed E-state index contributed by atoms with van der Waals surface area (Å²) in [5.41, 5.74) is 2.63. The van der Waals surface area contributed by atoms with E-state index < -0.39 is 0 Å². The van der Waals surface area contributed by atoms with Gasteiger partial charge in [0, 0.05) is 12.1 Å². The summed E-state index contributed by atoms with van der Waals surface area (Å²) in [6.45, 7) is 6.76. The number of aryl methyl sites for hydroxylation is 1. The zero-order valence-electron chi connectivity index (χ0n) is 12.0. The quantitative estimate of drug-likeness (QED) is 0.832. The van der Waals surface area contributed by atoms with Gasteiger partial charge in [-0.15, -0.1) is 0 Å². The van der Waals surface area contributed by atoms with Crippen LogP contribution in [0.25, 0.3) is 0 Å². The zero-order chi connectivity index (χ0) is 13.1. The molecule has 18 heavy (non-hydrogen) atoms. The molecule has 100 valence electrons. The molecule has 0 aliphatic heterocycles. The van der Waals surface area contributed by atoms with Gasteiger partial charge in [0.25, 0.3) is 0 Å². The molecule has 1 N–H and O–H groups in total. The minimum Gasteiger partial charge on any atom is -0.496 e. The summed E-state index contributed by atoms with van der Waals surface area (Å²) in [4.78, 5) is 0. The van der Waals surface area contributed by atoms with Gasteiger partial charge < -0.3 is 10.1 Å². The third-order valence-corrected chi connectivity index (χ3v) is 3.91. The molecule has 2 unspecified atom stereocenters. The Hall–Kier alpha value is -1.02. The van der Waals surface area contributed by atoms with Gasteiger partial charge in [-0.3, -0.25) is 0 Å². The van der Waals surface area contributed by atoms with Crippen LogP contribution in [0.4, 0.5) is 0 Å². The summed E-state index contributed by atoms with van der Waals surface area (Å²) in [5, 5.41) is 3.69.